The second kappa shape index (κ2) is 5.72. The highest BCUT2D eigenvalue weighted by atomic mass is 16.1. The van der Waals surface area contributed by atoms with Gasteiger partial charge in [-0.25, -0.2) is 0 Å². The topological polar surface area (TPSA) is 17.1 Å². The van der Waals surface area contributed by atoms with E-state index in [1.807, 2.05) is 18.2 Å². The third kappa shape index (κ3) is 3.30. The first-order valence-corrected chi connectivity index (χ1v) is 7.77. The molecule has 0 N–H and O–H groups in total. The largest absolute Gasteiger partial charge is 0.285 e. The van der Waals surface area contributed by atoms with Crippen molar-refractivity contribution in [2.24, 2.45) is 0 Å². The van der Waals surface area contributed by atoms with Crippen LogP contribution >= 0.6 is 0 Å². The van der Waals surface area contributed by atoms with Gasteiger partial charge in [-0.3, -0.25) is 4.79 Å². The van der Waals surface area contributed by atoms with E-state index in [-0.39, 0.29) is 10.8 Å². The van der Waals surface area contributed by atoms with Crippen LogP contribution in [0.25, 0.3) is 11.1 Å². The predicted molar refractivity (Wildman–Crippen MR) is 94.1 cm³/mol. The molecule has 0 atom stereocenters. The summed E-state index contributed by atoms with van der Waals surface area (Å²) in [4.78, 5) is 11.3. The fourth-order valence-corrected chi connectivity index (χ4v) is 2.80. The summed E-state index contributed by atoms with van der Waals surface area (Å²) >= 11 is 0. The molecule has 115 valence electrons. The van der Waals surface area contributed by atoms with Crippen LogP contribution in [0.1, 0.15) is 58.2 Å². The maximum atomic E-state index is 11.3. The van der Waals surface area contributed by atoms with Crippen molar-refractivity contribution >= 4 is 6.29 Å². The third-order valence-corrected chi connectivity index (χ3v) is 3.93. The van der Waals surface area contributed by atoms with E-state index in [1.165, 1.54) is 22.3 Å². The Morgan fingerprint density at radius 2 is 1.23 bits per heavy atom. The minimum atomic E-state index is -0.0436. The monoisotopic (exact) mass is 293 g/mol. The Balaban J connectivity index is 2.91. The van der Waals surface area contributed by atoms with Gasteiger partial charge in [-0.1, -0.05) is 71.9 Å². The molecule has 0 fully saturated rings. The zero-order valence-electron chi connectivity index (χ0n) is 14.4. The second-order valence-corrected chi connectivity index (χ2v) is 7.91. The van der Waals surface area contributed by atoms with Crippen molar-refractivity contribution in [3.8, 4) is 11.1 Å². The maximum absolute atomic E-state index is 11.3. The van der Waals surface area contributed by atoms with E-state index >= 15 is 0 Å². The van der Waals surface area contributed by atoms with Crippen LogP contribution in [0.5, 0.6) is 0 Å². The van der Waals surface area contributed by atoms with Crippen LogP contribution in [0.4, 0.5) is 0 Å². The lowest BCUT2D eigenvalue weighted by atomic mass is 9.73. The highest BCUT2D eigenvalue weighted by molar-refractivity contribution is 5.82. The Morgan fingerprint density at radius 3 is 1.59 bits per heavy atom. The first-order valence-electron chi connectivity index (χ1n) is 7.77. The molecule has 0 spiro atoms. The molecule has 1 radical (unpaired) electrons. The van der Waals surface area contributed by atoms with Gasteiger partial charge < -0.3 is 0 Å². The normalized spacial score (nSPS) is 12.3. The van der Waals surface area contributed by atoms with Crippen molar-refractivity contribution in [2.45, 2.75) is 52.4 Å². The first-order chi connectivity index (χ1) is 10.1. The van der Waals surface area contributed by atoms with Gasteiger partial charge in [0, 0.05) is 5.56 Å². The summed E-state index contributed by atoms with van der Waals surface area (Å²) in [5.74, 6) is 0. The number of carbonyl (C=O) groups excluding carboxylic acids is 1. The lowest BCUT2D eigenvalue weighted by molar-refractivity contribution is 0.559. The van der Waals surface area contributed by atoms with Gasteiger partial charge in [0.05, 0.1) is 0 Å². The van der Waals surface area contributed by atoms with Crippen LogP contribution < -0.4 is 0 Å². The van der Waals surface area contributed by atoms with Gasteiger partial charge in [-0.15, -0.1) is 0 Å². The molecule has 0 saturated heterocycles. The molecule has 0 unspecified atom stereocenters. The summed E-state index contributed by atoms with van der Waals surface area (Å²) < 4.78 is 0. The fourth-order valence-electron chi connectivity index (χ4n) is 2.80. The van der Waals surface area contributed by atoms with E-state index in [0.717, 1.165) is 0 Å². The molecule has 2 rings (SSSR count). The molecule has 0 aliphatic carbocycles. The van der Waals surface area contributed by atoms with Crippen molar-refractivity contribution in [1.29, 1.82) is 0 Å². The van der Waals surface area contributed by atoms with E-state index in [9.17, 15) is 4.79 Å². The molecule has 2 aromatic carbocycles. The lowest BCUT2D eigenvalue weighted by Gasteiger charge is -2.30. The molecule has 0 aromatic heterocycles. The molecule has 1 heteroatoms. The number of rotatable bonds is 2. The number of benzene rings is 2. The average Bonchev–Trinajstić information content (AvgIpc) is 2.45. The van der Waals surface area contributed by atoms with Crippen LogP contribution in [-0.2, 0) is 15.6 Å². The zero-order chi connectivity index (χ0) is 16.5. The summed E-state index contributed by atoms with van der Waals surface area (Å²) in [5.41, 5.74) is 5.40. The molecule has 0 aliphatic rings. The quantitative estimate of drug-likeness (QED) is 0.724. The molecule has 1 nitrogen and oxygen atoms in total. The molecule has 22 heavy (non-hydrogen) atoms. The van der Waals surface area contributed by atoms with Gasteiger partial charge in [0.15, 0.2) is 0 Å². The minimum Gasteiger partial charge on any atom is -0.285 e. The van der Waals surface area contributed by atoms with E-state index in [0.29, 0.717) is 5.56 Å². The summed E-state index contributed by atoms with van der Waals surface area (Å²) in [5, 5.41) is 0. The Morgan fingerprint density at radius 1 is 0.773 bits per heavy atom. The van der Waals surface area contributed by atoms with Crippen molar-refractivity contribution < 1.29 is 4.79 Å². The smallest absolute Gasteiger partial charge is 0.233 e. The molecule has 2 aromatic rings. The molecule has 0 aliphatic heterocycles. The molecule has 0 bridgehead atoms. The average molecular weight is 293 g/mol. The van der Waals surface area contributed by atoms with Crippen LogP contribution in [-0.4, -0.2) is 6.29 Å². The Hall–Kier alpha value is -1.89. The van der Waals surface area contributed by atoms with Crippen LogP contribution in [0.15, 0.2) is 42.5 Å². The molecule has 0 heterocycles. The maximum Gasteiger partial charge on any atom is 0.233 e. The first kappa shape index (κ1) is 16.5. The molecule has 0 amide bonds. The van der Waals surface area contributed by atoms with Crippen molar-refractivity contribution in [1.82, 2.24) is 0 Å². The van der Waals surface area contributed by atoms with Gasteiger partial charge in [-0.05, 0) is 45.2 Å². The Bertz CT molecular complexity index is 632. The third-order valence-electron chi connectivity index (χ3n) is 3.93. The van der Waals surface area contributed by atoms with Gasteiger partial charge in [0.2, 0.25) is 6.29 Å². The van der Waals surface area contributed by atoms with Gasteiger partial charge in [0.1, 0.15) is 0 Å². The molecular weight excluding hydrogens is 268 g/mol. The minimum absolute atomic E-state index is 0.0436. The molecule has 0 saturated carbocycles. The van der Waals surface area contributed by atoms with E-state index < -0.39 is 0 Å². The number of hydrogen-bond acceptors (Lipinski definition) is 1. The Kier molecular flexibility index (Phi) is 4.28. The van der Waals surface area contributed by atoms with E-state index in [4.69, 9.17) is 0 Å². The summed E-state index contributed by atoms with van der Waals surface area (Å²) in [7, 11) is 0. The van der Waals surface area contributed by atoms with Gasteiger partial charge in [0.25, 0.3) is 0 Å². The van der Waals surface area contributed by atoms with Crippen LogP contribution in [0.2, 0.25) is 0 Å². The highest BCUT2D eigenvalue weighted by Crippen LogP contribution is 2.41. The van der Waals surface area contributed by atoms with Crippen molar-refractivity contribution in [2.75, 3.05) is 0 Å². The van der Waals surface area contributed by atoms with E-state index in [1.54, 1.807) is 0 Å². The van der Waals surface area contributed by atoms with Crippen LogP contribution in [0, 0.1) is 0 Å². The number of hydrogen-bond donors (Lipinski definition) is 0. The lowest BCUT2D eigenvalue weighted by Crippen LogP contribution is -2.20. The van der Waals surface area contributed by atoms with Crippen LogP contribution in [0.3, 0.4) is 0 Å². The fraction of sp³-hybridized carbons (Fsp3) is 0.381. The second-order valence-electron chi connectivity index (χ2n) is 7.91. The van der Waals surface area contributed by atoms with Gasteiger partial charge >= 0.3 is 0 Å². The summed E-state index contributed by atoms with van der Waals surface area (Å²) in [6.45, 7) is 13.1. The summed E-state index contributed by atoms with van der Waals surface area (Å²) in [6, 6.07) is 14.4. The Labute approximate surface area is 134 Å². The summed E-state index contributed by atoms with van der Waals surface area (Å²) in [6.07, 6.45) is 2.08. The van der Waals surface area contributed by atoms with Gasteiger partial charge in [-0.2, -0.15) is 0 Å². The highest BCUT2D eigenvalue weighted by Gasteiger charge is 2.27. The SMILES string of the molecule is CC(C)(C)c1cc([C]=O)cc(C(C)(C)C)c1-c1ccccc1. The molecular formula is C21H25O. The van der Waals surface area contributed by atoms with Crippen molar-refractivity contribution in [3.63, 3.8) is 0 Å². The predicted octanol–water partition coefficient (Wildman–Crippen LogP) is 5.41. The van der Waals surface area contributed by atoms with Crippen molar-refractivity contribution in [3.05, 3.63) is 59.2 Å². The van der Waals surface area contributed by atoms with E-state index in [2.05, 4.69) is 72.1 Å². The standard InChI is InChI=1S/C21H25O/c1-20(2,3)17-12-15(14-22)13-18(21(4,5)6)19(17)16-10-8-7-9-11-16/h7-13H,1-6H3. The zero-order valence-corrected chi connectivity index (χ0v) is 14.4.